The van der Waals surface area contributed by atoms with Crippen molar-refractivity contribution in [2.75, 3.05) is 6.54 Å². The van der Waals surface area contributed by atoms with E-state index in [2.05, 4.69) is 0 Å². The highest BCUT2D eigenvalue weighted by Gasteiger charge is 2.46. The summed E-state index contributed by atoms with van der Waals surface area (Å²) in [5.74, 6) is -1.52. The number of amides is 2. The molecule has 1 aromatic carbocycles. The topological polar surface area (TPSA) is 40.6 Å². The van der Waals surface area contributed by atoms with E-state index >= 15 is 0 Å². The summed E-state index contributed by atoms with van der Waals surface area (Å²) in [6, 6.07) is 0.919. The van der Waals surface area contributed by atoms with E-state index in [4.69, 9.17) is 0 Å². The van der Waals surface area contributed by atoms with Gasteiger partial charge in [0.2, 0.25) is 11.8 Å². The van der Waals surface area contributed by atoms with Crippen LogP contribution in [0.2, 0.25) is 0 Å². The zero-order valence-electron chi connectivity index (χ0n) is 12.9. The number of benzene rings is 1. The lowest BCUT2D eigenvalue weighted by molar-refractivity contribution is -0.159. The van der Waals surface area contributed by atoms with Crippen LogP contribution in [-0.4, -0.2) is 40.2 Å². The Balaban J connectivity index is 1.85. The Morgan fingerprint density at radius 2 is 1.92 bits per heavy atom. The van der Waals surface area contributed by atoms with Gasteiger partial charge >= 0.3 is 6.18 Å². The minimum absolute atomic E-state index is 0.0394. The highest BCUT2D eigenvalue weighted by Crippen LogP contribution is 2.32. The Hall–Kier alpha value is -2.12. The number of nitrogens with zero attached hydrogens (tertiary/aromatic N) is 2. The molecule has 0 saturated carbocycles. The fourth-order valence-corrected chi connectivity index (χ4v) is 3.29. The molecule has 2 aliphatic heterocycles. The Bertz CT molecular complexity index is 689. The van der Waals surface area contributed by atoms with Crippen LogP contribution in [0.4, 0.5) is 17.6 Å². The van der Waals surface area contributed by atoms with Crippen LogP contribution in [0.1, 0.15) is 30.9 Å². The van der Waals surface area contributed by atoms with Gasteiger partial charge in [0.25, 0.3) is 0 Å². The molecule has 1 aromatic rings. The zero-order valence-corrected chi connectivity index (χ0v) is 12.9. The molecule has 0 aliphatic carbocycles. The lowest BCUT2D eigenvalue weighted by Crippen LogP contribution is -2.61. The molecular weight excluding hydrogens is 328 g/mol. The molecule has 0 radical (unpaired) electrons. The van der Waals surface area contributed by atoms with Crippen LogP contribution in [0.25, 0.3) is 0 Å². The van der Waals surface area contributed by atoms with Gasteiger partial charge in [-0.15, -0.1) is 0 Å². The van der Waals surface area contributed by atoms with Crippen molar-refractivity contribution in [3.63, 3.8) is 0 Å². The zero-order chi connectivity index (χ0) is 17.6. The maximum atomic E-state index is 14.0. The lowest BCUT2D eigenvalue weighted by Gasteiger charge is -2.41. The number of halogens is 4. The van der Waals surface area contributed by atoms with Crippen molar-refractivity contribution >= 4 is 11.8 Å². The molecule has 0 N–H and O–H groups in total. The maximum absolute atomic E-state index is 14.0. The molecule has 4 nitrogen and oxygen atoms in total. The molecule has 2 amide bonds. The Kier molecular flexibility index (Phi) is 4.01. The summed E-state index contributed by atoms with van der Waals surface area (Å²) in [5.41, 5.74) is -1.12. The van der Waals surface area contributed by atoms with Gasteiger partial charge in [-0.3, -0.25) is 9.59 Å². The van der Waals surface area contributed by atoms with E-state index in [0.29, 0.717) is 19.0 Å². The van der Waals surface area contributed by atoms with Gasteiger partial charge in [-0.05, 0) is 31.9 Å². The van der Waals surface area contributed by atoms with Gasteiger partial charge < -0.3 is 9.80 Å². The van der Waals surface area contributed by atoms with Crippen LogP contribution in [0.3, 0.4) is 0 Å². The smallest absolute Gasteiger partial charge is 0.329 e. The summed E-state index contributed by atoms with van der Waals surface area (Å²) < 4.78 is 51.8. The van der Waals surface area contributed by atoms with E-state index in [1.54, 1.807) is 6.92 Å². The molecular formula is C16H16F4N2O2. The quantitative estimate of drug-likeness (QED) is 0.774. The molecule has 0 spiro atoms. The van der Waals surface area contributed by atoms with Crippen LogP contribution >= 0.6 is 0 Å². The first-order chi connectivity index (χ1) is 11.2. The second-order valence-corrected chi connectivity index (χ2v) is 6.14. The first-order valence-electron chi connectivity index (χ1n) is 7.66. The van der Waals surface area contributed by atoms with Crippen LogP contribution in [-0.2, 0) is 22.3 Å². The van der Waals surface area contributed by atoms with Gasteiger partial charge in [-0.2, -0.15) is 13.2 Å². The molecule has 2 saturated heterocycles. The number of rotatable bonds is 2. The molecule has 2 heterocycles. The molecule has 24 heavy (non-hydrogen) atoms. The van der Waals surface area contributed by atoms with Gasteiger partial charge in [0.15, 0.2) is 0 Å². The third-order valence-corrected chi connectivity index (χ3v) is 4.65. The number of piperazine rings is 1. The first kappa shape index (κ1) is 16.7. The third-order valence-electron chi connectivity index (χ3n) is 4.65. The molecule has 2 atom stereocenters. The number of carbonyl (C=O) groups excluding carboxylic acids is 2. The SMILES string of the molecule is C[C@H]1C(=O)N2CCC[C@H]2C(=O)N1Cc1ccc(C(F)(F)F)cc1F. The molecule has 130 valence electrons. The normalized spacial score (nSPS) is 24.5. The van der Waals surface area contributed by atoms with Crippen molar-refractivity contribution in [2.24, 2.45) is 0 Å². The molecule has 3 rings (SSSR count). The minimum Gasteiger partial charge on any atom is -0.329 e. The minimum atomic E-state index is -4.63. The lowest BCUT2D eigenvalue weighted by atomic mass is 10.0. The first-order valence-corrected chi connectivity index (χ1v) is 7.66. The average Bonchev–Trinajstić information content (AvgIpc) is 2.99. The van der Waals surface area contributed by atoms with Gasteiger partial charge in [0.1, 0.15) is 17.9 Å². The fraction of sp³-hybridized carbons (Fsp3) is 0.500. The van der Waals surface area contributed by atoms with Crippen molar-refractivity contribution in [2.45, 2.75) is 44.6 Å². The maximum Gasteiger partial charge on any atom is 0.416 e. The van der Waals surface area contributed by atoms with Gasteiger partial charge in [-0.1, -0.05) is 6.07 Å². The van der Waals surface area contributed by atoms with E-state index in [1.807, 2.05) is 0 Å². The van der Waals surface area contributed by atoms with E-state index in [1.165, 1.54) is 9.80 Å². The summed E-state index contributed by atoms with van der Waals surface area (Å²) in [5, 5.41) is 0. The van der Waals surface area contributed by atoms with E-state index in [9.17, 15) is 27.2 Å². The Labute approximate surface area is 136 Å². The fourth-order valence-electron chi connectivity index (χ4n) is 3.29. The van der Waals surface area contributed by atoms with E-state index in [-0.39, 0.29) is 23.9 Å². The second kappa shape index (κ2) is 5.75. The van der Waals surface area contributed by atoms with Crippen LogP contribution in [0, 0.1) is 5.82 Å². The number of fused-ring (bicyclic) bond motifs is 1. The predicted molar refractivity (Wildman–Crippen MR) is 76.1 cm³/mol. The summed E-state index contributed by atoms with van der Waals surface area (Å²) >= 11 is 0. The number of alkyl halides is 3. The van der Waals surface area contributed by atoms with E-state index in [0.717, 1.165) is 18.6 Å². The average molecular weight is 344 g/mol. The summed E-state index contributed by atoms with van der Waals surface area (Å²) in [4.78, 5) is 27.6. The number of carbonyl (C=O) groups is 2. The van der Waals surface area contributed by atoms with Crippen LogP contribution in [0.5, 0.6) is 0 Å². The van der Waals surface area contributed by atoms with Gasteiger partial charge in [0.05, 0.1) is 5.56 Å². The second-order valence-electron chi connectivity index (χ2n) is 6.14. The van der Waals surface area contributed by atoms with Crippen molar-refractivity contribution in [1.29, 1.82) is 0 Å². The van der Waals surface area contributed by atoms with Crippen LogP contribution in [0.15, 0.2) is 18.2 Å². The molecule has 0 bridgehead atoms. The molecule has 0 unspecified atom stereocenters. The predicted octanol–water partition coefficient (Wildman–Crippen LogP) is 2.57. The van der Waals surface area contributed by atoms with Crippen molar-refractivity contribution in [3.8, 4) is 0 Å². The van der Waals surface area contributed by atoms with E-state index < -0.39 is 29.6 Å². The number of hydrogen-bond donors (Lipinski definition) is 0. The highest BCUT2D eigenvalue weighted by molar-refractivity contribution is 5.97. The summed E-state index contributed by atoms with van der Waals surface area (Å²) in [6.07, 6.45) is -3.34. The van der Waals surface area contributed by atoms with Crippen LogP contribution < -0.4 is 0 Å². The highest BCUT2D eigenvalue weighted by atomic mass is 19.4. The number of hydrogen-bond acceptors (Lipinski definition) is 2. The molecule has 0 aromatic heterocycles. The Morgan fingerprint density at radius 3 is 2.54 bits per heavy atom. The summed E-state index contributed by atoms with van der Waals surface area (Å²) in [6.45, 7) is 1.86. The van der Waals surface area contributed by atoms with Crippen molar-refractivity contribution in [3.05, 3.63) is 35.1 Å². The van der Waals surface area contributed by atoms with Crippen molar-refractivity contribution < 1.29 is 27.2 Å². The van der Waals surface area contributed by atoms with Gasteiger partial charge in [0, 0.05) is 18.7 Å². The van der Waals surface area contributed by atoms with Gasteiger partial charge in [-0.25, -0.2) is 4.39 Å². The summed E-state index contributed by atoms with van der Waals surface area (Å²) in [7, 11) is 0. The Morgan fingerprint density at radius 1 is 1.21 bits per heavy atom. The molecule has 2 fully saturated rings. The molecule has 8 heteroatoms. The standard InChI is InChI=1S/C16H16F4N2O2/c1-9-14(23)21-6-2-3-13(21)15(24)22(9)8-10-4-5-11(7-12(10)17)16(18,19)20/h4-5,7,9,13H,2-3,6,8H2,1H3/t9-,13-/m0/s1. The largest absolute Gasteiger partial charge is 0.416 e. The molecule has 2 aliphatic rings. The third kappa shape index (κ3) is 2.74. The van der Waals surface area contributed by atoms with Crippen molar-refractivity contribution in [1.82, 2.24) is 9.80 Å². The monoisotopic (exact) mass is 344 g/mol.